The van der Waals surface area contributed by atoms with Crippen molar-refractivity contribution in [3.8, 4) is 5.69 Å². The van der Waals surface area contributed by atoms with E-state index in [-0.39, 0.29) is 17.7 Å². The van der Waals surface area contributed by atoms with Crippen LogP contribution in [-0.2, 0) is 17.8 Å². The van der Waals surface area contributed by atoms with Crippen molar-refractivity contribution in [1.29, 1.82) is 0 Å². The lowest BCUT2D eigenvalue weighted by Crippen LogP contribution is -2.21. The first kappa shape index (κ1) is 11.7. The molecule has 98 valence electrons. The molecule has 2 aromatic rings. The normalized spacial score (nSPS) is 14.1. The Morgan fingerprint density at radius 3 is 2.89 bits per heavy atom. The molecule has 0 aliphatic carbocycles. The SMILES string of the molecule is O=C(O)c1ccccc1-n1[nH]c2c(c1=O)COCC2. The number of nitrogens with one attached hydrogen (secondary N) is 1. The molecule has 19 heavy (non-hydrogen) atoms. The van der Waals surface area contributed by atoms with Crippen molar-refractivity contribution in [2.24, 2.45) is 0 Å². The molecule has 0 bridgehead atoms. The average Bonchev–Trinajstić information content (AvgIpc) is 2.76. The number of ether oxygens (including phenoxy) is 1. The molecule has 1 aliphatic rings. The number of carboxylic acids is 1. The first-order valence-corrected chi connectivity index (χ1v) is 5.91. The summed E-state index contributed by atoms with van der Waals surface area (Å²) in [6.45, 7) is 0.834. The number of hydrogen-bond donors (Lipinski definition) is 2. The van der Waals surface area contributed by atoms with E-state index >= 15 is 0 Å². The van der Waals surface area contributed by atoms with Gasteiger partial charge in [0.05, 0.1) is 30.0 Å². The van der Waals surface area contributed by atoms with Crippen LogP contribution >= 0.6 is 0 Å². The van der Waals surface area contributed by atoms with Crippen LogP contribution in [-0.4, -0.2) is 27.5 Å². The number of para-hydroxylation sites is 1. The van der Waals surface area contributed by atoms with Gasteiger partial charge in [0.1, 0.15) is 0 Å². The molecule has 0 saturated carbocycles. The Morgan fingerprint density at radius 1 is 1.37 bits per heavy atom. The Labute approximate surface area is 108 Å². The van der Waals surface area contributed by atoms with Gasteiger partial charge in [0.25, 0.3) is 5.56 Å². The summed E-state index contributed by atoms with van der Waals surface area (Å²) in [6, 6.07) is 6.41. The molecule has 6 heteroatoms. The molecular weight excluding hydrogens is 248 g/mol. The van der Waals surface area contributed by atoms with Gasteiger partial charge in [-0.25, -0.2) is 9.48 Å². The summed E-state index contributed by atoms with van der Waals surface area (Å²) in [4.78, 5) is 23.4. The monoisotopic (exact) mass is 260 g/mol. The lowest BCUT2D eigenvalue weighted by molar-refractivity contribution is 0.0696. The van der Waals surface area contributed by atoms with Crippen molar-refractivity contribution in [2.75, 3.05) is 6.61 Å². The third kappa shape index (κ3) is 1.86. The second-order valence-electron chi connectivity index (χ2n) is 4.33. The van der Waals surface area contributed by atoms with Gasteiger partial charge in [0.2, 0.25) is 0 Å². The van der Waals surface area contributed by atoms with E-state index in [9.17, 15) is 9.59 Å². The summed E-state index contributed by atoms with van der Waals surface area (Å²) in [5.74, 6) is -1.06. The molecule has 0 amide bonds. The van der Waals surface area contributed by atoms with Crippen molar-refractivity contribution in [3.05, 3.63) is 51.4 Å². The number of aromatic nitrogens is 2. The van der Waals surface area contributed by atoms with E-state index in [1.54, 1.807) is 18.2 Å². The highest BCUT2D eigenvalue weighted by Gasteiger charge is 2.21. The molecule has 0 saturated heterocycles. The number of nitrogens with zero attached hydrogens (tertiary/aromatic N) is 1. The molecule has 2 N–H and O–H groups in total. The minimum atomic E-state index is -1.06. The Balaban J connectivity index is 2.21. The molecule has 0 spiro atoms. The van der Waals surface area contributed by atoms with E-state index in [2.05, 4.69) is 5.10 Å². The van der Waals surface area contributed by atoms with Crippen molar-refractivity contribution < 1.29 is 14.6 Å². The van der Waals surface area contributed by atoms with Crippen molar-refractivity contribution in [2.45, 2.75) is 13.0 Å². The summed E-state index contributed by atoms with van der Waals surface area (Å²) in [5.41, 5.74) is 1.57. The average molecular weight is 260 g/mol. The minimum absolute atomic E-state index is 0.0871. The van der Waals surface area contributed by atoms with Crippen LogP contribution in [0.5, 0.6) is 0 Å². The van der Waals surface area contributed by atoms with Gasteiger partial charge in [-0.2, -0.15) is 0 Å². The Bertz CT molecular complexity index is 699. The quantitative estimate of drug-likeness (QED) is 0.841. The van der Waals surface area contributed by atoms with Crippen LogP contribution in [0.3, 0.4) is 0 Å². The van der Waals surface area contributed by atoms with Gasteiger partial charge in [-0.15, -0.1) is 0 Å². The first-order valence-electron chi connectivity index (χ1n) is 5.91. The number of benzene rings is 1. The zero-order valence-electron chi connectivity index (χ0n) is 10.0. The lowest BCUT2D eigenvalue weighted by atomic mass is 10.1. The molecule has 3 rings (SSSR count). The summed E-state index contributed by atoms with van der Waals surface area (Å²) in [6.07, 6.45) is 0.632. The molecule has 6 nitrogen and oxygen atoms in total. The van der Waals surface area contributed by atoms with Gasteiger partial charge in [0, 0.05) is 12.1 Å². The number of H-pyrrole nitrogens is 1. The number of hydrogen-bond acceptors (Lipinski definition) is 3. The summed E-state index contributed by atoms with van der Waals surface area (Å²) in [5, 5.41) is 12.1. The second kappa shape index (κ2) is 4.40. The molecule has 1 aliphatic heterocycles. The summed E-state index contributed by atoms with van der Waals surface area (Å²) >= 11 is 0. The number of rotatable bonds is 2. The van der Waals surface area contributed by atoms with E-state index in [1.807, 2.05) is 0 Å². The largest absolute Gasteiger partial charge is 0.478 e. The number of carbonyl (C=O) groups is 1. The predicted molar refractivity (Wildman–Crippen MR) is 66.7 cm³/mol. The van der Waals surface area contributed by atoms with Crippen LogP contribution in [0.1, 0.15) is 21.6 Å². The fourth-order valence-corrected chi connectivity index (χ4v) is 2.24. The van der Waals surface area contributed by atoms with Crippen LogP contribution in [0, 0.1) is 0 Å². The third-order valence-corrected chi connectivity index (χ3v) is 3.19. The zero-order chi connectivity index (χ0) is 13.4. The zero-order valence-corrected chi connectivity index (χ0v) is 10.0. The maximum absolute atomic E-state index is 12.2. The van der Waals surface area contributed by atoms with Gasteiger partial charge in [-0.05, 0) is 12.1 Å². The molecule has 0 radical (unpaired) electrons. The molecule has 2 heterocycles. The number of aromatic amines is 1. The van der Waals surface area contributed by atoms with Crippen LogP contribution in [0.25, 0.3) is 5.69 Å². The predicted octanol–water partition coefficient (Wildman–Crippen LogP) is 0.936. The number of aromatic carboxylic acids is 1. The topological polar surface area (TPSA) is 84.3 Å². The van der Waals surface area contributed by atoms with Crippen molar-refractivity contribution >= 4 is 5.97 Å². The van der Waals surface area contributed by atoms with Gasteiger partial charge in [-0.1, -0.05) is 12.1 Å². The first-order chi connectivity index (χ1) is 9.18. The van der Waals surface area contributed by atoms with E-state index in [4.69, 9.17) is 9.84 Å². The highest BCUT2D eigenvalue weighted by Crippen LogP contribution is 2.16. The third-order valence-electron chi connectivity index (χ3n) is 3.19. The summed E-state index contributed by atoms with van der Waals surface area (Å²) < 4.78 is 6.53. The smallest absolute Gasteiger partial charge is 0.337 e. The highest BCUT2D eigenvalue weighted by molar-refractivity contribution is 5.91. The molecule has 0 fully saturated rings. The number of carboxylic acid groups (broad SMARTS) is 1. The van der Waals surface area contributed by atoms with Gasteiger partial charge < -0.3 is 9.84 Å². The molecular formula is C13H12N2O4. The standard InChI is InChI=1S/C13H12N2O4/c16-12-9-7-19-6-5-10(9)14-15(12)11-4-2-1-3-8(11)13(17)18/h1-4,14H,5-7H2,(H,17,18). The fraction of sp³-hybridized carbons (Fsp3) is 0.231. The van der Waals surface area contributed by atoms with Gasteiger partial charge in [0.15, 0.2) is 0 Å². The van der Waals surface area contributed by atoms with E-state index in [0.29, 0.717) is 24.3 Å². The molecule has 0 atom stereocenters. The molecule has 0 unspecified atom stereocenters. The van der Waals surface area contributed by atoms with Crippen molar-refractivity contribution in [3.63, 3.8) is 0 Å². The van der Waals surface area contributed by atoms with Crippen LogP contribution in [0.4, 0.5) is 0 Å². The van der Waals surface area contributed by atoms with E-state index in [1.165, 1.54) is 10.7 Å². The van der Waals surface area contributed by atoms with Crippen LogP contribution in [0.15, 0.2) is 29.1 Å². The minimum Gasteiger partial charge on any atom is -0.478 e. The maximum atomic E-state index is 12.2. The van der Waals surface area contributed by atoms with E-state index < -0.39 is 5.97 Å². The molecule has 1 aromatic carbocycles. The highest BCUT2D eigenvalue weighted by atomic mass is 16.5. The summed E-state index contributed by atoms with van der Waals surface area (Å²) in [7, 11) is 0. The Hall–Kier alpha value is -2.34. The van der Waals surface area contributed by atoms with Gasteiger partial charge >= 0.3 is 5.97 Å². The van der Waals surface area contributed by atoms with Crippen LogP contribution < -0.4 is 5.56 Å². The molecule has 1 aromatic heterocycles. The maximum Gasteiger partial charge on any atom is 0.337 e. The van der Waals surface area contributed by atoms with Crippen LogP contribution in [0.2, 0.25) is 0 Å². The second-order valence-corrected chi connectivity index (χ2v) is 4.33. The number of fused-ring (bicyclic) bond motifs is 1. The van der Waals surface area contributed by atoms with Crippen molar-refractivity contribution in [1.82, 2.24) is 9.78 Å². The fourth-order valence-electron chi connectivity index (χ4n) is 2.24. The Morgan fingerprint density at radius 2 is 2.16 bits per heavy atom. The Kier molecular flexibility index (Phi) is 2.72. The lowest BCUT2D eigenvalue weighted by Gasteiger charge is -2.09. The van der Waals surface area contributed by atoms with Gasteiger partial charge in [-0.3, -0.25) is 9.89 Å². The van der Waals surface area contributed by atoms with E-state index in [0.717, 1.165) is 5.69 Å².